The molecule has 1 unspecified atom stereocenters. The van der Waals surface area contributed by atoms with E-state index in [4.69, 9.17) is 22.9 Å². The lowest BCUT2D eigenvalue weighted by molar-refractivity contribution is 0.191. The van der Waals surface area contributed by atoms with Gasteiger partial charge in [-0.25, -0.2) is 9.83 Å². The number of pyridine rings is 1. The number of aromatic nitrogens is 3. The van der Waals surface area contributed by atoms with Crippen molar-refractivity contribution in [2.45, 2.75) is 6.10 Å². The first kappa shape index (κ1) is 21.9. The summed E-state index contributed by atoms with van der Waals surface area (Å²) in [5, 5.41) is 14.1. The second-order valence-electron chi connectivity index (χ2n) is 6.91. The second kappa shape index (κ2) is 9.04. The van der Waals surface area contributed by atoms with E-state index in [1.807, 2.05) is 0 Å². The number of aliphatic hydroxyl groups excluding tert-OH is 1. The number of rotatable bonds is 6. The monoisotopic (exact) mass is 513 g/mol. The van der Waals surface area contributed by atoms with Crippen LogP contribution < -0.4 is 15.6 Å². The van der Waals surface area contributed by atoms with Gasteiger partial charge in [0.25, 0.3) is 5.56 Å². The summed E-state index contributed by atoms with van der Waals surface area (Å²) in [6, 6.07) is 10.1. The molecule has 0 fully saturated rings. The summed E-state index contributed by atoms with van der Waals surface area (Å²) in [6.45, 7) is 7.34. The molecule has 4 rings (SSSR count). The van der Waals surface area contributed by atoms with Gasteiger partial charge in [0.1, 0.15) is 22.7 Å². The Labute approximate surface area is 196 Å². The van der Waals surface area contributed by atoms with Crippen molar-refractivity contribution in [2.75, 3.05) is 19.0 Å². The SMILES string of the molecule is [C-]#[N+]c1cc(Cl)c2nc(-c3c(NCC(O)c4ccc(OC)c(Br)c4)cc[nH]c3=O)[nH]c2c1. The standard InChI is InChI=1S/C22H17BrClN5O3/c1-25-12-8-14(24)20-16(9-12)28-21(29-20)19-15(5-6-26-22(19)31)27-10-17(30)11-3-4-18(32-2)13(23)7-11/h3-9,17,30H,10H2,2H3,(H,28,29)(H2,26,27,31). The van der Waals surface area contributed by atoms with Crippen LogP contribution in [0.2, 0.25) is 5.02 Å². The number of nitrogens with zero attached hydrogens (tertiary/aromatic N) is 2. The van der Waals surface area contributed by atoms with E-state index in [2.05, 4.69) is 41.0 Å². The quantitative estimate of drug-likeness (QED) is 0.270. The predicted molar refractivity (Wildman–Crippen MR) is 128 cm³/mol. The third-order valence-corrected chi connectivity index (χ3v) is 5.81. The highest BCUT2D eigenvalue weighted by atomic mass is 79.9. The molecule has 0 aliphatic heterocycles. The number of methoxy groups -OCH3 is 1. The van der Waals surface area contributed by atoms with Gasteiger partial charge in [-0.3, -0.25) is 4.79 Å². The molecule has 0 spiro atoms. The number of H-pyrrole nitrogens is 2. The zero-order chi connectivity index (χ0) is 22.8. The molecular formula is C22H17BrClN5O3. The maximum Gasteiger partial charge on any atom is 0.261 e. The van der Waals surface area contributed by atoms with E-state index in [-0.39, 0.29) is 17.7 Å². The van der Waals surface area contributed by atoms with Crippen LogP contribution in [0, 0.1) is 6.57 Å². The van der Waals surface area contributed by atoms with Gasteiger partial charge in [-0.1, -0.05) is 17.7 Å². The second-order valence-corrected chi connectivity index (χ2v) is 8.17. The topological polar surface area (TPSA) is 107 Å². The summed E-state index contributed by atoms with van der Waals surface area (Å²) >= 11 is 9.67. The van der Waals surface area contributed by atoms with E-state index >= 15 is 0 Å². The molecule has 32 heavy (non-hydrogen) atoms. The van der Waals surface area contributed by atoms with E-state index in [0.29, 0.717) is 44.6 Å². The van der Waals surface area contributed by atoms with Gasteiger partial charge in [0.05, 0.1) is 40.5 Å². The first-order valence-electron chi connectivity index (χ1n) is 9.45. The van der Waals surface area contributed by atoms with Gasteiger partial charge in [0.2, 0.25) is 0 Å². The maximum absolute atomic E-state index is 12.6. The van der Waals surface area contributed by atoms with Crippen LogP contribution in [0.15, 0.2) is 51.9 Å². The van der Waals surface area contributed by atoms with Crippen molar-refractivity contribution >= 4 is 49.9 Å². The molecule has 0 bridgehead atoms. The molecule has 4 N–H and O–H groups in total. The summed E-state index contributed by atoms with van der Waals surface area (Å²) in [5.41, 5.74) is 2.46. The van der Waals surface area contributed by atoms with E-state index in [1.54, 1.807) is 37.4 Å². The van der Waals surface area contributed by atoms with E-state index in [0.717, 1.165) is 4.47 Å². The summed E-state index contributed by atoms with van der Waals surface area (Å²) in [4.78, 5) is 26.2. The number of imidazole rings is 1. The Balaban J connectivity index is 1.65. The van der Waals surface area contributed by atoms with Crippen LogP contribution in [-0.2, 0) is 0 Å². The fraction of sp³-hybridized carbons (Fsp3) is 0.136. The van der Waals surface area contributed by atoms with Crippen LogP contribution in [0.4, 0.5) is 11.4 Å². The normalized spacial score (nSPS) is 11.8. The Morgan fingerprint density at radius 2 is 2.16 bits per heavy atom. The van der Waals surface area contributed by atoms with Crippen LogP contribution in [-0.4, -0.2) is 33.7 Å². The summed E-state index contributed by atoms with van der Waals surface area (Å²) in [6.07, 6.45) is 0.674. The van der Waals surface area contributed by atoms with Crippen LogP contribution in [0.1, 0.15) is 11.7 Å². The number of nitrogens with one attached hydrogen (secondary N) is 3. The van der Waals surface area contributed by atoms with Crippen LogP contribution in [0.25, 0.3) is 27.3 Å². The number of anilines is 1. The van der Waals surface area contributed by atoms with Crippen LogP contribution in [0.5, 0.6) is 5.75 Å². The third kappa shape index (κ3) is 4.21. The first-order chi connectivity index (χ1) is 15.4. The Bertz CT molecular complexity index is 1410. The molecule has 0 saturated heterocycles. The zero-order valence-corrected chi connectivity index (χ0v) is 19.1. The summed E-state index contributed by atoms with van der Waals surface area (Å²) < 4.78 is 5.94. The van der Waals surface area contributed by atoms with Gasteiger partial charge in [-0.05, 0) is 51.8 Å². The first-order valence-corrected chi connectivity index (χ1v) is 10.6. The van der Waals surface area contributed by atoms with Crippen molar-refractivity contribution in [2.24, 2.45) is 0 Å². The van der Waals surface area contributed by atoms with Gasteiger partial charge < -0.3 is 25.1 Å². The molecule has 0 aliphatic rings. The Kier molecular flexibility index (Phi) is 6.19. The van der Waals surface area contributed by atoms with Crippen molar-refractivity contribution in [3.63, 3.8) is 0 Å². The average molecular weight is 515 g/mol. The molecular weight excluding hydrogens is 498 g/mol. The Morgan fingerprint density at radius 3 is 2.88 bits per heavy atom. The third-order valence-electron chi connectivity index (χ3n) is 4.90. The molecule has 4 aromatic rings. The lowest BCUT2D eigenvalue weighted by Crippen LogP contribution is -2.17. The highest BCUT2D eigenvalue weighted by Crippen LogP contribution is 2.32. The molecule has 0 aliphatic carbocycles. The number of hydrogen-bond donors (Lipinski definition) is 4. The highest BCUT2D eigenvalue weighted by Gasteiger charge is 2.17. The fourth-order valence-corrected chi connectivity index (χ4v) is 4.13. The van der Waals surface area contributed by atoms with Crippen molar-refractivity contribution in [1.82, 2.24) is 15.0 Å². The minimum atomic E-state index is -0.837. The molecule has 8 nitrogen and oxygen atoms in total. The minimum Gasteiger partial charge on any atom is -0.496 e. The van der Waals surface area contributed by atoms with Gasteiger partial charge in [0, 0.05) is 12.7 Å². The van der Waals surface area contributed by atoms with Crippen molar-refractivity contribution in [3.8, 4) is 17.1 Å². The maximum atomic E-state index is 12.6. The van der Waals surface area contributed by atoms with Crippen molar-refractivity contribution in [1.29, 1.82) is 0 Å². The molecule has 10 heteroatoms. The number of aliphatic hydroxyl groups is 1. The molecule has 2 aromatic heterocycles. The molecule has 1 atom stereocenters. The van der Waals surface area contributed by atoms with E-state index in [1.165, 1.54) is 12.3 Å². The van der Waals surface area contributed by atoms with Gasteiger partial charge in [0.15, 0.2) is 5.69 Å². The van der Waals surface area contributed by atoms with Gasteiger partial charge >= 0.3 is 0 Å². The fourth-order valence-electron chi connectivity index (χ4n) is 3.32. The van der Waals surface area contributed by atoms with E-state index < -0.39 is 6.10 Å². The Hall–Kier alpha value is -3.32. The number of benzene rings is 2. The van der Waals surface area contributed by atoms with Crippen LogP contribution in [0.3, 0.4) is 0 Å². The molecule has 2 aromatic carbocycles. The lowest BCUT2D eigenvalue weighted by atomic mass is 10.1. The Morgan fingerprint density at radius 1 is 1.34 bits per heavy atom. The van der Waals surface area contributed by atoms with Crippen molar-refractivity contribution < 1.29 is 9.84 Å². The molecule has 0 radical (unpaired) electrons. The van der Waals surface area contributed by atoms with E-state index in [9.17, 15) is 9.90 Å². The van der Waals surface area contributed by atoms with Crippen molar-refractivity contribution in [3.05, 3.63) is 79.4 Å². The molecule has 2 heterocycles. The number of halogens is 2. The van der Waals surface area contributed by atoms with Gasteiger partial charge in [-0.15, -0.1) is 0 Å². The number of fused-ring (bicyclic) bond motifs is 1. The molecule has 162 valence electrons. The summed E-state index contributed by atoms with van der Waals surface area (Å²) in [5.74, 6) is 0.964. The zero-order valence-electron chi connectivity index (χ0n) is 16.7. The number of ether oxygens (including phenoxy) is 1. The highest BCUT2D eigenvalue weighted by molar-refractivity contribution is 9.10. The predicted octanol–water partition coefficient (Wildman–Crippen LogP) is 5.04. The molecule has 0 saturated carbocycles. The average Bonchev–Trinajstić information content (AvgIpc) is 3.21. The number of aromatic amines is 2. The largest absolute Gasteiger partial charge is 0.496 e. The smallest absolute Gasteiger partial charge is 0.261 e. The summed E-state index contributed by atoms with van der Waals surface area (Å²) in [7, 11) is 1.57. The molecule has 0 amide bonds. The van der Waals surface area contributed by atoms with Gasteiger partial charge in [-0.2, -0.15) is 0 Å². The number of hydrogen-bond acceptors (Lipinski definition) is 5. The minimum absolute atomic E-state index is 0.151. The van der Waals surface area contributed by atoms with Crippen LogP contribution >= 0.6 is 27.5 Å². The lowest BCUT2D eigenvalue weighted by Gasteiger charge is -2.16.